The molecule has 2 aromatic rings. The lowest BCUT2D eigenvalue weighted by Crippen LogP contribution is -2.22. The van der Waals surface area contributed by atoms with Gasteiger partial charge in [-0.1, -0.05) is 36.2 Å². The number of benzene rings is 1. The van der Waals surface area contributed by atoms with Crippen molar-refractivity contribution in [2.24, 2.45) is 0 Å². The van der Waals surface area contributed by atoms with Gasteiger partial charge in [0.1, 0.15) is 5.25 Å². The smallest absolute Gasteiger partial charge is 0.158 e. The van der Waals surface area contributed by atoms with Gasteiger partial charge in [0.25, 0.3) is 0 Å². The quantitative estimate of drug-likeness (QED) is 0.892. The van der Waals surface area contributed by atoms with Crippen LogP contribution in [0.1, 0.15) is 35.8 Å². The number of sulfone groups is 1. The molecule has 3 rings (SSSR count). The summed E-state index contributed by atoms with van der Waals surface area (Å²) in [7, 11) is -3.13. The minimum Gasteiger partial charge on any atom is -0.382 e. The molecule has 112 valence electrons. The second kappa shape index (κ2) is 5.18. The number of hydrogen-bond donors (Lipinski definition) is 2. The molecule has 1 aliphatic rings. The third-order valence-electron chi connectivity index (χ3n) is 4.06. The number of hydrogen-bond acceptors (Lipinski definition) is 4. The lowest BCUT2D eigenvalue weighted by molar-refractivity contribution is 0.542. The molecule has 2 heterocycles. The summed E-state index contributed by atoms with van der Waals surface area (Å²) in [5.74, 6) is 0.596. The zero-order valence-electron chi connectivity index (χ0n) is 12.0. The predicted molar refractivity (Wildman–Crippen MR) is 83.6 cm³/mol. The van der Waals surface area contributed by atoms with Crippen molar-refractivity contribution >= 4 is 15.7 Å². The first-order valence-corrected chi connectivity index (χ1v) is 8.83. The van der Waals surface area contributed by atoms with E-state index in [-0.39, 0.29) is 5.75 Å². The molecule has 1 saturated heterocycles. The number of aryl methyl sites for hydroxylation is 1. The van der Waals surface area contributed by atoms with E-state index in [9.17, 15) is 8.42 Å². The van der Waals surface area contributed by atoms with Gasteiger partial charge in [0, 0.05) is 5.56 Å². The zero-order chi connectivity index (χ0) is 15.0. The van der Waals surface area contributed by atoms with Crippen LogP contribution in [0, 0.1) is 6.92 Å². The van der Waals surface area contributed by atoms with Crippen molar-refractivity contribution in [1.29, 1.82) is 0 Å². The van der Waals surface area contributed by atoms with Gasteiger partial charge >= 0.3 is 0 Å². The largest absolute Gasteiger partial charge is 0.382 e. The number of aromatic nitrogens is 2. The molecule has 21 heavy (non-hydrogen) atoms. The normalized spacial score (nSPS) is 21.3. The van der Waals surface area contributed by atoms with E-state index >= 15 is 0 Å². The molecule has 1 atom stereocenters. The van der Waals surface area contributed by atoms with Crippen molar-refractivity contribution in [3.05, 3.63) is 35.5 Å². The van der Waals surface area contributed by atoms with E-state index in [0.29, 0.717) is 17.9 Å². The zero-order valence-corrected chi connectivity index (χ0v) is 12.8. The maximum atomic E-state index is 12.3. The van der Waals surface area contributed by atoms with Gasteiger partial charge in [-0.2, -0.15) is 5.10 Å². The maximum absolute atomic E-state index is 12.3. The molecule has 0 saturated carbocycles. The van der Waals surface area contributed by atoms with Crippen molar-refractivity contribution < 1.29 is 8.42 Å². The van der Waals surface area contributed by atoms with Crippen LogP contribution in [0.4, 0.5) is 5.82 Å². The number of H-pyrrole nitrogens is 1. The van der Waals surface area contributed by atoms with E-state index in [0.717, 1.165) is 29.5 Å². The van der Waals surface area contributed by atoms with Crippen molar-refractivity contribution in [1.82, 2.24) is 10.2 Å². The second-order valence-corrected chi connectivity index (χ2v) is 7.92. The molecule has 1 aromatic heterocycles. The van der Waals surface area contributed by atoms with Crippen LogP contribution in [0.15, 0.2) is 24.3 Å². The monoisotopic (exact) mass is 305 g/mol. The highest BCUT2D eigenvalue weighted by atomic mass is 32.2. The Bertz CT molecular complexity index is 748. The van der Waals surface area contributed by atoms with Gasteiger partial charge in [-0.3, -0.25) is 5.10 Å². The van der Waals surface area contributed by atoms with Gasteiger partial charge in [-0.05, 0) is 25.3 Å². The third-order valence-corrected chi connectivity index (χ3v) is 6.26. The average Bonchev–Trinajstić information content (AvgIpc) is 2.81. The van der Waals surface area contributed by atoms with Crippen LogP contribution in [0.2, 0.25) is 0 Å². The van der Waals surface area contributed by atoms with Crippen LogP contribution in [0.5, 0.6) is 0 Å². The Morgan fingerprint density at radius 1 is 1.24 bits per heavy atom. The van der Waals surface area contributed by atoms with Crippen LogP contribution in [0.3, 0.4) is 0 Å². The highest BCUT2D eigenvalue weighted by molar-refractivity contribution is 7.91. The Morgan fingerprint density at radius 2 is 1.95 bits per heavy atom. The fraction of sp³-hybridized carbons (Fsp3) is 0.400. The molecule has 3 N–H and O–H groups in total. The molecule has 1 aliphatic heterocycles. The molecular weight excluding hydrogens is 286 g/mol. The Hall–Kier alpha value is -1.82. The van der Waals surface area contributed by atoms with E-state index < -0.39 is 15.1 Å². The minimum absolute atomic E-state index is 0.240. The number of nitrogens with one attached hydrogen (secondary N) is 1. The standard InChI is InChI=1S/C15H19N3O2S/c1-10-5-7-11(8-6-10)13-14(17-18-15(13)16)12-4-2-3-9-21(12,19)20/h5-8,12H,2-4,9H2,1H3,(H3,16,17,18). The number of anilines is 1. The molecule has 1 aromatic carbocycles. The first-order chi connectivity index (χ1) is 9.99. The Labute approximate surface area is 124 Å². The van der Waals surface area contributed by atoms with Crippen LogP contribution in [-0.2, 0) is 9.84 Å². The topological polar surface area (TPSA) is 88.8 Å². The summed E-state index contributed by atoms with van der Waals surface area (Å²) >= 11 is 0. The molecule has 0 radical (unpaired) electrons. The van der Waals surface area contributed by atoms with Crippen LogP contribution in [0.25, 0.3) is 11.1 Å². The molecule has 6 heteroatoms. The van der Waals surface area contributed by atoms with Crippen molar-refractivity contribution in [3.8, 4) is 11.1 Å². The fourth-order valence-corrected chi connectivity index (χ4v) is 4.85. The SMILES string of the molecule is Cc1ccc(-c2c(N)n[nH]c2C2CCCCS2(=O)=O)cc1. The van der Waals surface area contributed by atoms with Crippen molar-refractivity contribution in [2.45, 2.75) is 31.4 Å². The number of rotatable bonds is 2. The summed E-state index contributed by atoms with van der Waals surface area (Å²) in [6, 6.07) is 7.88. The predicted octanol–water partition coefficient (Wildman–Crippen LogP) is 2.61. The Morgan fingerprint density at radius 3 is 2.62 bits per heavy atom. The third kappa shape index (κ3) is 2.55. The van der Waals surface area contributed by atoms with Gasteiger partial charge in [0.05, 0.1) is 11.4 Å². The van der Waals surface area contributed by atoms with Crippen LogP contribution < -0.4 is 5.73 Å². The number of nitrogens with two attached hydrogens (primary N) is 1. The van der Waals surface area contributed by atoms with E-state index in [1.165, 1.54) is 0 Å². The molecule has 0 spiro atoms. The molecule has 0 bridgehead atoms. The van der Waals surface area contributed by atoms with Gasteiger partial charge in [-0.15, -0.1) is 0 Å². The maximum Gasteiger partial charge on any atom is 0.158 e. The lowest BCUT2D eigenvalue weighted by Gasteiger charge is -2.22. The lowest BCUT2D eigenvalue weighted by atomic mass is 10.0. The number of nitrogens with zero attached hydrogens (tertiary/aromatic N) is 1. The first-order valence-electron chi connectivity index (χ1n) is 7.11. The molecule has 1 fully saturated rings. The summed E-state index contributed by atoms with van der Waals surface area (Å²) in [5.41, 5.74) is 9.38. The number of aromatic amines is 1. The van der Waals surface area contributed by atoms with Crippen LogP contribution >= 0.6 is 0 Å². The van der Waals surface area contributed by atoms with E-state index in [1.54, 1.807) is 0 Å². The summed E-state index contributed by atoms with van der Waals surface area (Å²) in [6.45, 7) is 2.01. The first kappa shape index (κ1) is 14.1. The number of nitrogen functional groups attached to an aromatic ring is 1. The van der Waals surface area contributed by atoms with Gasteiger partial charge in [-0.25, -0.2) is 8.42 Å². The van der Waals surface area contributed by atoms with Gasteiger partial charge < -0.3 is 5.73 Å². The molecule has 1 unspecified atom stereocenters. The second-order valence-electron chi connectivity index (χ2n) is 5.61. The highest BCUT2D eigenvalue weighted by Gasteiger charge is 2.34. The van der Waals surface area contributed by atoms with E-state index in [2.05, 4.69) is 10.2 Å². The molecule has 5 nitrogen and oxygen atoms in total. The molecular formula is C15H19N3O2S. The van der Waals surface area contributed by atoms with Gasteiger partial charge in [0.2, 0.25) is 0 Å². The van der Waals surface area contributed by atoms with Crippen molar-refractivity contribution in [3.63, 3.8) is 0 Å². The van der Waals surface area contributed by atoms with Crippen LogP contribution in [-0.4, -0.2) is 24.4 Å². The summed E-state index contributed by atoms with van der Waals surface area (Å²) < 4.78 is 24.7. The average molecular weight is 305 g/mol. The fourth-order valence-electron chi connectivity index (χ4n) is 2.91. The Kier molecular flexibility index (Phi) is 3.49. The molecule has 0 amide bonds. The highest BCUT2D eigenvalue weighted by Crippen LogP contribution is 2.39. The summed E-state index contributed by atoms with van der Waals surface area (Å²) in [5, 5.41) is 6.38. The summed E-state index contributed by atoms with van der Waals surface area (Å²) in [6.07, 6.45) is 2.28. The summed E-state index contributed by atoms with van der Waals surface area (Å²) in [4.78, 5) is 0. The molecule has 0 aliphatic carbocycles. The van der Waals surface area contributed by atoms with E-state index in [1.807, 2.05) is 31.2 Å². The van der Waals surface area contributed by atoms with Gasteiger partial charge in [0.15, 0.2) is 15.7 Å². The van der Waals surface area contributed by atoms with Crippen molar-refractivity contribution in [2.75, 3.05) is 11.5 Å². The van der Waals surface area contributed by atoms with E-state index in [4.69, 9.17) is 5.73 Å². The minimum atomic E-state index is -3.13. The Balaban J connectivity index is 2.11.